The number of fused-ring (bicyclic) bond motifs is 1. The number of H-pyrrole nitrogens is 1. The summed E-state index contributed by atoms with van der Waals surface area (Å²) in [6.07, 6.45) is 0. The van der Waals surface area contributed by atoms with Crippen LogP contribution >= 0.6 is 0 Å². The van der Waals surface area contributed by atoms with Gasteiger partial charge in [-0.3, -0.25) is 10.1 Å². The molecule has 6 heteroatoms. The number of benzene rings is 1. The molecule has 2 rings (SSSR count). The highest BCUT2D eigenvalue weighted by Gasteiger charge is 2.27. The summed E-state index contributed by atoms with van der Waals surface area (Å²) in [6, 6.07) is 6.67. The Kier molecular flexibility index (Phi) is 2.78. The first-order valence-corrected chi connectivity index (χ1v) is 5.07. The third-order valence-electron chi connectivity index (χ3n) is 2.34. The van der Waals surface area contributed by atoms with Crippen molar-refractivity contribution in [2.75, 3.05) is 6.61 Å². The van der Waals surface area contributed by atoms with Crippen LogP contribution in [0.25, 0.3) is 10.9 Å². The molecule has 0 aliphatic carbocycles. The molecular formula is C11H10N2O4. The van der Waals surface area contributed by atoms with E-state index < -0.39 is 10.9 Å². The van der Waals surface area contributed by atoms with E-state index in [2.05, 4.69) is 4.98 Å². The number of carbonyl (C=O) groups is 1. The molecule has 88 valence electrons. The molecule has 1 heterocycles. The van der Waals surface area contributed by atoms with Crippen LogP contribution in [0.4, 0.5) is 5.69 Å². The molecule has 0 radical (unpaired) electrons. The van der Waals surface area contributed by atoms with Gasteiger partial charge in [0.1, 0.15) is 0 Å². The van der Waals surface area contributed by atoms with Crippen molar-refractivity contribution < 1.29 is 14.5 Å². The number of rotatable bonds is 3. The van der Waals surface area contributed by atoms with Gasteiger partial charge in [-0.1, -0.05) is 12.1 Å². The molecule has 0 unspecified atom stereocenters. The molecule has 1 N–H and O–H groups in total. The van der Waals surface area contributed by atoms with Gasteiger partial charge in [-0.05, 0) is 19.1 Å². The first-order chi connectivity index (χ1) is 8.15. The van der Waals surface area contributed by atoms with E-state index in [0.717, 1.165) is 0 Å². The molecule has 0 aliphatic heterocycles. The van der Waals surface area contributed by atoms with Crippen molar-refractivity contribution in [1.29, 1.82) is 0 Å². The number of hydrogen-bond donors (Lipinski definition) is 1. The molecule has 0 fully saturated rings. The second-order valence-corrected chi connectivity index (χ2v) is 3.37. The average Bonchev–Trinajstić information content (AvgIpc) is 2.68. The van der Waals surface area contributed by atoms with Gasteiger partial charge in [0.2, 0.25) is 5.69 Å². The maximum atomic E-state index is 11.6. The summed E-state index contributed by atoms with van der Waals surface area (Å²) >= 11 is 0. The summed E-state index contributed by atoms with van der Waals surface area (Å²) in [5.41, 5.74) is 0.194. The molecule has 0 saturated heterocycles. The number of aromatic nitrogens is 1. The Labute approximate surface area is 96.3 Å². The van der Waals surface area contributed by atoms with E-state index in [-0.39, 0.29) is 18.0 Å². The SMILES string of the molecule is CCOC(=O)c1[nH]c2ccccc2c1[N+](=O)[O-]. The quantitative estimate of drug-likeness (QED) is 0.501. The number of aromatic amines is 1. The smallest absolute Gasteiger partial charge is 0.362 e. The highest BCUT2D eigenvalue weighted by Crippen LogP contribution is 2.29. The predicted octanol–water partition coefficient (Wildman–Crippen LogP) is 2.25. The minimum Gasteiger partial charge on any atom is -0.461 e. The lowest BCUT2D eigenvalue weighted by Gasteiger charge is -1.98. The minimum absolute atomic E-state index is 0.113. The number of carbonyl (C=O) groups excluding carboxylic acids is 1. The topological polar surface area (TPSA) is 85.2 Å². The molecule has 0 saturated carbocycles. The van der Waals surface area contributed by atoms with Crippen molar-refractivity contribution in [1.82, 2.24) is 4.98 Å². The van der Waals surface area contributed by atoms with Crippen molar-refractivity contribution in [3.05, 3.63) is 40.1 Å². The Morgan fingerprint density at radius 1 is 1.47 bits per heavy atom. The largest absolute Gasteiger partial charge is 0.461 e. The highest BCUT2D eigenvalue weighted by atomic mass is 16.6. The fourth-order valence-electron chi connectivity index (χ4n) is 1.67. The summed E-state index contributed by atoms with van der Waals surface area (Å²) in [7, 11) is 0. The van der Waals surface area contributed by atoms with Crippen LogP contribution in [0.2, 0.25) is 0 Å². The van der Waals surface area contributed by atoms with Crippen LogP contribution in [0.3, 0.4) is 0 Å². The molecule has 0 spiro atoms. The number of nitro groups is 1. The van der Waals surface area contributed by atoms with Gasteiger partial charge in [-0.2, -0.15) is 0 Å². The third-order valence-corrected chi connectivity index (χ3v) is 2.34. The number of nitrogens with zero attached hydrogens (tertiary/aromatic N) is 1. The Morgan fingerprint density at radius 2 is 2.18 bits per heavy atom. The van der Waals surface area contributed by atoms with Crippen LogP contribution in [0.5, 0.6) is 0 Å². The lowest BCUT2D eigenvalue weighted by Crippen LogP contribution is -2.07. The Hall–Kier alpha value is -2.37. The maximum absolute atomic E-state index is 11.6. The molecular weight excluding hydrogens is 224 g/mol. The van der Waals surface area contributed by atoms with Gasteiger partial charge in [0.05, 0.1) is 22.4 Å². The molecule has 2 aromatic rings. The molecule has 0 aliphatic rings. The first-order valence-electron chi connectivity index (χ1n) is 5.07. The highest BCUT2D eigenvalue weighted by molar-refractivity contribution is 6.03. The predicted molar refractivity (Wildman–Crippen MR) is 60.9 cm³/mol. The Bertz CT molecular complexity index is 588. The second kappa shape index (κ2) is 4.25. The summed E-state index contributed by atoms with van der Waals surface area (Å²) in [6.45, 7) is 1.82. The van der Waals surface area contributed by atoms with Gasteiger partial charge in [0.25, 0.3) is 0 Å². The molecule has 0 atom stereocenters. The zero-order valence-corrected chi connectivity index (χ0v) is 9.10. The van der Waals surface area contributed by atoms with Crippen LogP contribution in [-0.4, -0.2) is 22.5 Å². The van der Waals surface area contributed by atoms with Crippen LogP contribution in [-0.2, 0) is 4.74 Å². The van der Waals surface area contributed by atoms with Crippen LogP contribution in [0.15, 0.2) is 24.3 Å². The van der Waals surface area contributed by atoms with Gasteiger partial charge < -0.3 is 9.72 Å². The lowest BCUT2D eigenvalue weighted by molar-refractivity contribution is -0.383. The van der Waals surface area contributed by atoms with E-state index in [0.29, 0.717) is 10.9 Å². The number of ether oxygens (including phenoxy) is 1. The van der Waals surface area contributed by atoms with E-state index >= 15 is 0 Å². The zero-order valence-electron chi connectivity index (χ0n) is 9.10. The summed E-state index contributed by atoms with van der Waals surface area (Å²) in [5.74, 6) is -0.713. The van der Waals surface area contributed by atoms with E-state index in [1.54, 1.807) is 31.2 Å². The summed E-state index contributed by atoms with van der Waals surface area (Å²) < 4.78 is 4.77. The van der Waals surface area contributed by atoms with E-state index in [1.165, 1.54) is 0 Å². The molecule has 6 nitrogen and oxygen atoms in total. The fraction of sp³-hybridized carbons (Fsp3) is 0.182. The normalized spacial score (nSPS) is 10.4. The minimum atomic E-state index is -0.713. The van der Waals surface area contributed by atoms with E-state index in [4.69, 9.17) is 4.74 Å². The first kappa shape index (κ1) is 11.1. The molecule has 1 aromatic heterocycles. The van der Waals surface area contributed by atoms with Gasteiger partial charge in [0, 0.05) is 0 Å². The van der Waals surface area contributed by atoms with Crippen LogP contribution < -0.4 is 0 Å². The molecule has 0 bridgehead atoms. The average molecular weight is 234 g/mol. The van der Waals surface area contributed by atoms with Gasteiger partial charge in [-0.15, -0.1) is 0 Å². The molecule has 1 aromatic carbocycles. The number of esters is 1. The zero-order chi connectivity index (χ0) is 12.4. The van der Waals surface area contributed by atoms with Crippen LogP contribution in [0, 0.1) is 10.1 Å². The van der Waals surface area contributed by atoms with Crippen LogP contribution in [0.1, 0.15) is 17.4 Å². The summed E-state index contributed by atoms with van der Waals surface area (Å²) in [5, 5.41) is 11.4. The third kappa shape index (κ3) is 1.84. The van der Waals surface area contributed by atoms with E-state index in [1.807, 2.05) is 0 Å². The molecule has 0 amide bonds. The Morgan fingerprint density at radius 3 is 2.82 bits per heavy atom. The standard InChI is InChI=1S/C11H10N2O4/c1-2-17-11(14)9-10(13(15)16)7-5-3-4-6-8(7)12-9/h3-6,12H,2H2,1H3. The molecule has 17 heavy (non-hydrogen) atoms. The monoisotopic (exact) mass is 234 g/mol. The van der Waals surface area contributed by atoms with Gasteiger partial charge in [-0.25, -0.2) is 4.79 Å². The fourth-order valence-corrected chi connectivity index (χ4v) is 1.67. The van der Waals surface area contributed by atoms with Crippen molar-refractivity contribution in [2.24, 2.45) is 0 Å². The lowest BCUT2D eigenvalue weighted by atomic mass is 10.2. The number of hydrogen-bond acceptors (Lipinski definition) is 4. The Balaban J connectivity index is 2.66. The maximum Gasteiger partial charge on any atom is 0.362 e. The second-order valence-electron chi connectivity index (χ2n) is 3.37. The number of nitrogens with one attached hydrogen (secondary N) is 1. The van der Waals surface area contributed by atoms with Crippen molar-refractivity contribution in [3.8, 4) is 0 Å². The van der Waals surface area contributed by atoms with Crippen molar-refractivity contribution >= 4 is 22.6 Å². The summed E-state index contributed by atoms with van der Waals surface area (Å²) in [4.78, 5) is 24.7. The van der Waals surface area contributed by atoms with Gasteiger partial charge in [0.15, 0.2) is 0 Å². The van der Waals surface area contributed by atoms with Crippen molar-refractivity contribution in [3.63, 3.8) is 0 Å². The van der Waals surface area contributed by atoms with Crippen molar-refractivity contribution in [2.45, 2.75) is 6.92 Å². The van der Waals surface area contributed by atoms with Gasteiger partial charge >= 0.3 is 11.7 Å². The van der Waals surface area contributed by atoms with E-state index in [9.17, 15) is 14.9 Å². The number of para-hydroxylation sites is 1.